The molecule has 1 aliphatic rings. The fourth-order valence-electron chi connectivity index (χ4n) is 2.48. The maximum absolute atomic E-state index is 11.8. The SMILES string of the molecule is O=c1ccoc2cc(O)c(O[C@@H]3O[C@H](CO)[C@@H](O)[C@H](O)[C@H]3O)cc12. The van der Waals surface area contributed by atoms with E-state index in [1.807, 2.05) is 0 Å². The van der Waals surface area contributed by atoms with Gasteiger partial charge in [0.1, 0.15) is 30.0 Å². The third-order valence-electron chi connectivity index (χ3n) is 3.83. The Balaban J connectivity index is 1.92. The number of ether oxygens (including phenoxy) is 2. The Kier molecular flexibility index (Phi) is 4.43. The van der Waals surface area contributed by atoms with E-state index in [4.69, 9.17) is 19.0 Å². The van der Waals surface area contributed by atoms with Crippen molar-refractivity contribution in [1.29, 1.82) is 0 Å². The van der Waals surface area contributed by atoms with Crippen molar-refractivity contribution in [3.05, 3.63) is 34.7 Å². The Morgan fingerprint density at radius 2 is 1.88 bits per heavy atom. The molecule has 130 valence electrons. The quantitative estimate of drug-likeness (QED) is 0.458. The average molecular weight is 340 g/mol. The number of fused-ring (bicyclic) bond motifs is 1. The van der Waals surface area contributed by atoms with Crippen LogP contribution in [-0.4, -0.2) is 62.8 Å². The van der Waals surface area contributed by atoms with Crippen LogP contribution in [0.25, 0.3) is 11.0 Å². The fourth-order valence-corrected chi connectivity index (χ4v) is 2.48. The maximum atomic E-state index is 11.8. The van der Waals surface area contributed by atoms with E-state index in [2.05, 4.69) is 0 Å². The molecular formula is C15H16O9. The molecule has 0 saturated carbocycles. The Morgan fingerprint density at radius 3 is 2.58 bits per heavy atom. The third kappa shape index (κ3) is 2.83. The predicted octanol–water partition coefficient (Wildman–Crippen LogP) is -1.32. The Hall–Kier alpha value is -2.17. The molecule has 24 heavy (non-hydrogen) atoms. The summed E-state index contributed by atoms with van der Waals surface area (Å²) < 4.78 is 15.6. The van der Waals surface area contributed by atoms with Crippen LogP contribution in [0.15, 0.2) is 33.7 Å². The minimum absolute atomic E-state index is 0.134. The van der Waals surface area contributed by atoms with Crippen molar-refractivity contribution in [2.75, 3.05) is 6.61 Å². The summed E-state index contributed by atoms with van der Waals surface area (Å²) in [7, 11) is 0. The number of aliphatic hydroxyl groups is 4. The average Bonchev–Trinajstić information content (AvgIpc) is 2.56. The van der Waals surface area contributed by atoms with Gasteiger partial charge in [0, 0.05) is 12.1 Å². The van der Waals surface area contributed by atoms with Crippen LogP contribution in [0.3, 0.4) is 0 Å². The largest absolute Gasteiger partial charge is 0.504 e. The minimum atomic E-state index is -1.63. The number of aliphatic hydroxyl groups excluding tert-OH is 4. The molecule has 3 rings (SSSR count). The number of aromatic hydroxyl groups is 1. The van der Waals surface area contributed by atoms with Crippen LogP contribution in [0, 0.1) is 0 Å². The van der Waals surface area contributed by atoms with Gasteiger partial charge >= 0.3 is 0 Å². The van der Waals surface area contributed by atoms with Gasteiger partial charge in [-0.3, -0.25) is 4.79 Å². The van der Waals surface area contributed by atoms with E-state index in [1.165, 1.54) is 18.4 Å². The van der Waals surface area contributed by atoms with Gasteiger partial charge in [-0.25, -0.2) is 0 Å². The van der Waals surface area contributed by atoms with E-state index >= 15 is 0 Å². The van der Waals surface area contributed by atoms with Gasteiger partial charge in [0.15, 0.2) is 16.9 Å². The second-order valence-corrected chi connectivity index (χ2v) is 5.42. The molecule has 0 radical (unpaired) electrons. The molecule has 0 spiro atoms. The lowest BCUT2D eigenvalue weighted by Crippen LogP contribution is -2.60. The normalized spacial score (nSPS) is 30.4. The molecule has 1 saturated heterocycles. The first-order valence-corrected chi connectivity index (χ1v) is 7.14. The number of hydrogen-bond acceptors (Lipinski definition) is 9. The monoisotopic (exact) mass is 340 g/mol. The molecule has 0 aliphatic carbocycles. The molecule has 0 unspecified atom stereocenters. The molecular weight excluding hydrogens is 324 g/mol. The Morgan fingerprint density at radius 1 is 1.12 bits per heavy atom. The van der Waals surface area contributed by atoms with Crippen LogP contribution in [0.5, 0.6) is 11.5 Å². The molecule has 1 fully saturated rings. The Labute approximate surface area is 134 Å². The number of phenols is 1. The van der Waals surface area contributed by atoms with Crippen molar-refractivity contribution in [3.63, 3.8) is 0 Å². The van der Waals surface area contributed by atoms with E-state index in [0.29, 0.717) is 0 Å². The van der Waals surface area contributed by atoms with E-state index in [0.717, 1.165) is 6.07 Å². The molecule has 1 aromatic carbocycles. The van der Waals surface area contributed by atoms with Crippen LogP contribution in [-0.2, 0) is 4.74 Å². The standard InChI is InChI=1S/C15H16O9/c16-5-11-12(19)13(20)14(21)15(24-11)23-10-3-6-7(17)1-2-22-9(6)4-8(10)18/h1-4,11-16,18-21H,5H2/t11-,12-,13+,14-,15-/m1/s1. The zero-order chi connectivity index (χ0) is 17.4. The van der Waals surface area contributed by atoms with Crippen molar-refractivity contribution >= 4 is 11.0 Å². The lowest BCUT2D eigenvalue weighted by Gasteiger charge is -2.39. The zero-order valence-corrected chi connectivity index (χ0v) is 12.3. The van der Waals surface area contributed by atoms with Crippen LogP contribution in [0.4, 0.5) is 0 Å². The van der Waals surface area contributed by atoms with E-state index in [1.54, 1.807) is 0 Å². The summed E-state index contributed by atoms with van der Waals surface area (Å²) in [6.07, 6.45) is -6.22. The van der Waals surface area contributed by atoms with Gasteiger partial charge in [0.2, 0.25) is 6.29 Å². The summed E-state index contributed by atoms with van der Waals surface area (Å²) in [5.74, 6) is -0.570. The summed E-state index contributed by atoms with van der Waals surface area (Å²) in [5.41, 5.74) is -0.226. The summed E-state index contributed by atoms with van der Waals surface area (Å²) in [4.78, 5) is 11.8. The molecule has 5 atom stereocenters. The zero-order valence-electron chi connectivity index (χ0n) is 12.3. The number of hydrogen-bond donors (Lipinski definition) is 5. The molecule has 9 nitrogen and oxygen atoms in total. The molecule has 2 aromatic rings. The molecule has 1 aliphatic heterocycles. The first-order valence-electron chi connectivity index (χ1n) is 7.14. The lowest BCUT2D eigenvalue weighted by atomic mass is 9.99. The van der Waals surface area contributed by atoms with E-state index < -0.39 is 37.3 Å². The van der Waals surface area contributed by atoms with Crippen molar-refractivity contribution in [1.82, 2.24) is 0 Å². The van der Waals surface area contributed by atoms with Crippen LogP contribution >= 0.6 is 0 Å². The predicted molar refractivity (Wildman–Crippen MR) is 78.5 cm³/mol. The number of benzene rings is 1. The highest BCUT2D eigenvalue weighted by Gasteiger charge is 2.44. The highest BCUT2D eigenvalue weighted by atomic mass is 16.7. The van der Waals surface area contributed by atoms with Gasteiger partial charge < -0.3 is 39.4 Å². The summed E-state index contributed by atoms with van der Waals surface area (Å²) in [6, 6.07) is 3.56. The van der Waals surface area contributed by atoms with Crippen LogP contribution in [0.1, 0.15) is 0 Å². The van der Waals surface area contributed by atoms with Gasteiger partial charge in [0.05, 0.1) is 18.3 Å². The summed E-state index contributed by atoms with van der Waals surface area (Å²) >= 11 is 0. The van der Waals surface area contributed by atoms with Crippen molar-refractivity contribution in [2.24, 2.45) is 0 Å². The second kappa shape index (κ2) is 6.38. The van der Waals surface area contributed by atoms with Gasteiger partial charge in [-0.2, -0.15) is 0 Å². The van der Waals surface area contributed by atoms with E-state index in [-0.39, 0.29) is 27.9 Å². The fraction of sp³-hybridized carbons (Fsp3) is 0.400. The van der Waals surface area contributed by atoms with E-state index in [9.17, 15) is 25.2 Å². The van der Waals surface area contributed by atoms with Gasteiger partial charge in [-0.15, -0.1) is 0 Å². The first kappa shape index (κ1) is 16.7. The van der Waals surface area contributed by atoms with Crippen molar-refractivity contribution < 1.29 is 39.4 Å². The minimum Gasteiger partial charge on any atom is -0.504 e. The van der Waals surface area contributed by atoms with Gasteiger partial charge in [-0.05, 0) is 6.07 Å². The topological polar surface area (TPSA) is 150 Å². The highest BCUT2D eigenvalue weighted by Crippen LogP contribution is 2.33. The van der Waals surface area contributed by atoms with Crippen molar-refractivity contribution in [2.45, 2.75) is 30.7 Å². The summed E-state index contributed by atoms with van der Waals surface area (Å²) in [6.45, 7) is -0.613. The first-order chi connectivity index (χ1) is 11.4. The highest BCUT2D eigenvalue weighted by molar-refractivity contribution is 5.80. The van der Waals surface area contributed by atoms with Crippen LogP contribution < -0.4 is 10.2 Å². The molecule has 9 heteroatoms. The lowest BCUT2D eigenvalue weighted by molar-refractivity contribution is -0.277. The van der Waals surface area contributed by atoms with Crippen molar-refractivity contribution in [3.8, 4) is 11.5 Å². The molecule has 5 N–H and O–H groups in total. The van der Waals surface area contributed by atoms with Gasteiger partial charge in [0.25, 0.3) is 0 Å². The molecule has 0 amide bonds. The van der Waals surface area contributed by atoms with Crippen LogP contribution in [0.2, 0.25) is 0 Å². The number of rotatable bonds is 3. The third-order valence-corrected chi connectivity index (χ3v) is 3.83. The molecule has 0 bridgehead atoms. The summed E-state index contributed by atoms with van der Waals surface area (Å²) in [5, 5.41) is 48.6. The number of phenolic OH excluding ortho intramolecular Hbond substituents is 1. The second-order valence-electron chi connectivity index (χ2n) is 5.42. The van der Waals surface area contributed by atoms with Gasteiger partial charge in [-0.1, -0.05) is 0 Å². The smallest absolute Gasteiger partial charge is 0.229 e. The maximum Gasteiger partial charge on any atom is 0.229 e. The molecule has 1 aromatic heterocycles. The Bertz CT molecular complexity index is 784. The molecule has 2 heterocycles.